The number of anilines is 2. The van der Waals surface area contributed by atoms with E-state index in [2.05, 4.69) is 27.1 Å². The van der Waals surface area contributed by atoms with Crippen molar-refractivity contribution in [3.05, 3.63) is 104 Å². The molecule has 3 aliphatic heterocycles. The summed E-state index contributed by atoms with van der Waals surface area (Å²) in [6.45, 7) is 5.01. The summed E-state index contributed by atoms with van der Waals surface area (Å²) in [5.41, 5.74) is -3.84. The molecule has 242 valence electrons. The molecule has 0 amide bonds. The molecular formula is C33H30F6N4O3. The molecule has 4 heterocycles. The molecule has 3 aliphatic rings. The van der Waals surface area contributed by atoms with Gasteiger partial charge in [0.1, 0.15) is 17.1 Å². The third kappa shape index (κ3) is 5.83. The third-order valence-electron chi connectivity index (χ3n) is 9.18. The zero-order valence-corrected chi connectivity index (χ0v) is 24.6. The molecule has 0 aliphatic carbocycles. The van der Waals surface area contributed by atoms with Gasteiger partial charge in [-0.05, 0) is 84.8 Å². The fourth-order valence-electron chi connectivity index (χ4n) is 6.82. The predicted molar refractivity (Wildman–Crippen MR) is 162 cm³/mol. The largest absolute Gasteiger partial charge is 0.497 e. The van der Waals surface area contributed by atoms with Gasteiger partial charge in [-0.3, -0.25) is 19.5 Å². The van der Waals surface area contributed by atoms with Gasteiger partial charge in [0.05, 0.1) is 29.8 Å². The Morgan fingerprint density at radius 3 is 2.33 bits per heavy atom. The molecule has 7 rings (SSSR count). The number of alkyl halides is 6. The number of rotatable bonds is 9. The van der Waals surface area contributed by atoms with Crippen molar-refractivity contribution in [2.24, 2.45) is 11.8 Å². The number of pyridine rings is 1. The Bertz CT molecular complexity index is 1830. The second-order valence-corrected chi connectivity index (χ2v) is 11.8. The third-order valence-corrected chi connectivity index (χ3v) is 9.18. The zero-order chi connectivity index (χ0) is 33.0. The first kappa shape index (κ1) is 31.6. The normalized spacial score (nSPS) is 22.2. The molecule has 0 saturated carbocycles. The van der Waals surface area contributed by atoms with Gasteiger partial charge in [-0.15, -0.1) is 6.58 Å². The molecule has 3 fully saturated rings. The summed E-state index contributed by atoms with van der Waals surface area (Å²) in [7, 11) is 1.54. The highest BCUT2D eigenvalue weighted by atomic mass is 19.4. The number of piperidine rings is 3. The molecule has 4 aromatic rings. The Labute approximate surface area is 259 Å². The average molecular weight is 645 g/mol. The lowest BCUT2D eigenvalue weighted by atomic mass is 9.73. The molecule has 46 heavy (non-hydrogen) atoms. The fraction of sp³-hybridized carbons (Fsp3) is 0.364. The lowest BCUT2D eigenvalue weighted by Gasteiger charge is -2.52. The van der Waals surface area contributed by atoms with E-state index >= 15 is 0 Å². The van der Waals surface area contributed by atoms with Crippen LogP contribution < -0.4 is 26.2 Å². The molecule has 13 heteroatoms. The maximum Gasteiger partial charge on any atom is 0.416 e. The first-order chi connectivity index (χ1) is 21.8. The minimum Gasteiger partial charge on any atom is -0.497 e. The molecule has 0 radical (unpaired) electrons. The number of aromatic nitrogens is 1. The van der Waals surface area contributed by atoms with Crippen molar-refractivity contribution in [1.29, 1.82) is 0 Å². The van der Waals surface area contributed by atoms with Gasteiger partial charge >= 0.3 is 12.4 Å². The topological polar surface area (TPSA) is 83.6 Å². The lowest BCUT2D eigenvalue weighted by molar-refractivity contribution is -0.143. The van der Waals surface area contributed by atoms with Crippen molar-refractivity contribution in [3.8, 4) is 5.75 Å². The number of ether oxygens (including phenoxy) is 1. The van der Waals surface area contributed by atoms with Crippen molar-refractivity contribution in [2.75, 3.05) is 30.8 Å². The van der Waals surface area contributed by atoms with Crippen LogP contribution >= 0.6 is 0 Å². The van der Waals surface area contributed by atoms with Crippen LogP contribution in [0, 0.1) is 11.8 Å². The van der Waals surface area contributed by atoms with Gasteiger partial charge in [-0.1, -0.05) is 6.08 Å². The van der Waals surface area contributed by atoms with Crippen LogP contribution in [0.25, 0.3) is 10.9 Å². The Morgan fingerprint density at radius 2 is 1.72 bits per heavy atom. The van der Waals surface area contributed by atoms with Crippen LogP contribution in [0.5, 0.6) is 5.75 Å². The van der Waals surface area contributed by atoms with Crippen LogP contribution in [-0.2, 0) is 18.9 Å². The van der Waals surface area contributed by atoms with E-state index in [1.165, 1.54) is 7.11 Å². The number of methoxy groups -OCH3 is 1. The summed E-state index contributed by atoms with van der Waals surface area (Å²) in [5.74, 6) is 1.25. The Kier molecular flexibility index (Phi) is 8.07. The maximum absolute atomic E-state index is 13.4. The van der Waals surface area contributed by atoms with Gasteiger partial charge in [0.25, 0.3) is 10.9 Å². The number of nitrogens with zero attached hydrogens (tertiary/aromatic N) is 2. The van der Waals surface area contributed by atoms with Crippen LogP contribution in [0.15, 0.2) is 70.9 Å². The van der Waals surface area contributed by atoms with Crippen molar-refractivity contribution in [1.82, 2.24) is 9.88 Å². The smallest absolute Gasteiger partial charge is 0.416 e. The molecule has 2 bridgehead atoms. The Hall–Kier alpha value is -4.39. The van der Waals surface area contributed by atoms with Crippen molar-refractivity contribution in [3.63, 3.8) is 0 Å². The van der Waals surface area contributed by atoms with E-state index in [4.69, 9.17) is 4.74 Å². The van der Waals surface area contributed by atoms with Crippen LogP contribution in [-0.4, -0.2) is 36.1 Å². The maximum atomic E-state index is 13.4. The van der Waals surface area contributed by atoms with E-state index < -0.39 is 46.9 Å². The van der Waals surface area contributed by atoms with Gasteiger partial charge in [-0.25, -0.2) is 0 Å². The van der Waals surface area contributed by atoms with Crippen molar-refractivity contribution < 1.29 is 31.1 Å². The lowest BCUT2D eigenvalue weighted by Crippen LogP contribution is -2.56. The number of nitrogens with one attached hydrogen (secondary N) is 2. The average Bonchev–Trinajstić information content (AvgIpc) is 3.04. The summed E-state index contributed by atoms with van der Waals surface area (Å²) in [5, 5.41) is 6.68. The minimum absolute atomic E-state index is 0.0382. The molecule has 1 aromatic heterocycles. The summed E-state index contributed by atoms with van der Waals surface area (Å²) in [4.78, 5) is 32.5. The Balaban J connectivity index is 1.36. The van der Waals surface area contributed by atoms with Gasteiger partial charge in [0, 0.05) is 30.7 Å². The van der Waals surface area contributed by atoms with Crippen molar-refractivity contribution in [2.45, 2.75) is 43.8 Å². The fourth-order valence-corrected chi connectivity index (χ4v) is 6.82. The predicted octanol–water partition coefficient (Wildman–Crippen LogP) is 6.54. The molecular weight excluding hydrogens is 614 g/mol. The number of halogens is 6. The highest BCUT2D eigenvalue weighted by Crippen LogP contribution is 2.44. The number of fused-ring (bicyclic) bond motifs is 4. The van der Waals surface area contributed by atoms with E-state index in [-0.39, 0.29) is 29.0 Å². The molecule has 2 unspecified atom stereocenters. The van der Waals surface area contributed by atoms with E-state index in [9.17, 15) is 35.9 Å². The van der Waals surface area contributed by atoms with Gasteiger partial charge < -0.3 is 15.4 Å². The van der Waals surface area contributed by atoms with Crippen LogP contribution in [0.2, 0.25) is 0 Å². The molecule has 5 atom stereocenters. The number of hydrogen-bond donors (Lipinski definition) is 2. The van der Waals surface area contributed by atoms with Crippen LogP contribution in [0.4, 0.5) is 37.7 Å². The van der Waals surface area contributed by atoms with Gasteiger partial charge in [0.15, 0.2) is 0 Å². The highest BCUT2D eigenvalue weighted by molar-refractivity contribution is 5.85. The van der Waals surface area contributed by atoms with E-state index in [0.717, 1.165) is 36.9 Å². The van der Waals surface area contributed by atoms with Crippen LogP contribution in [0.1, 0.15) is 41.1 Å². The summed E-state index contributed by atoms with van der Waals surface area (Å²) in [6, 6.07) is 7.82. The number of benzene rings is 2. The molecule has 0 spiro atoms. The first-order valence-electron chi connectivity index (χ1n) is 14.7. The molecule has 2 N–H and O–H groups in total. The van der Waals surface area contributed by atoms with Crippen molar-refractivity contribution >= 4 is 22.3 Å². The SMILES string of the molecule is C=C[C@H]1CN2CC[C@@H]1CC2[C@@H](Nc1c(NCc2cc(C(F)(F)F)cc(C(F)(F)F)c2)c(=O)c1=O)c1ccnc2ccc(OC)cc12. The summed E-state index contributed by atoms with van der Waals surface area (Å²) < 4.78 is 85.9. The van der Waals surface area contributed by atoms with Gasteiger partial charge in [-0.2, -0.15) is 26.3 Å². The Morgan fingerprint density at radius 1 is 1.02 bits per heavy atom. The van der Waals surface area contributed by atoms with Gasteiger partial charge in [0.2, 0.25) is 0 Å². The second-order valence-electron chi connectivity index (χ2n) is 11.8. The second kappa shape index (κ2) is 11.8. The molecule has 7 nitrogen and oxygen atoms in total. The zero-order valence-electron chi connectivity index (χ0n) is 24.6. The highest BCUT2D eigenvalue weighted by Gasteiger charge is 2.44. The molecule has 3 saturated heterocycles. The van der Waals surface area contributed by atoms with E-state index in [0.29, 0.717) is 35.2 Å². The van der Waals surface area contributed by atoms with E-state index in [1.54, 1.807) is 12.3 Å². The first-order valence-corrected chi connectivity index (χ1v) is 14.7. The minimum atomic E-state index is -5.02. The van der Waals surface area contributed by atoms with E-state index in [1.807, 2.05) is 24.3 Å². The molecule has 3 aromatic carbocycles. The monoisotopic (exact) mass is 644 g/mol. The summed E-state index contributed by atoms with van der Waals surface area (Å²) >= 11 is 0. The summed E-state index contributed by atoms with van der Waals surface area (Å²) in [6.07, 6.45) is -4.69. The standard InChI is InChI=1S/C33H30F6N4O3/c1-3-18-16-43-9-7-19(18)12-26(43)27(23-6-8-40-25-5-4-22(46-2)14-24(23)25)42-29-28(30(44)31(29)45)41-15-17-10-20(32(34,35)36)13-21(11-17)33(37,38)39/h3-6,8,10-11,13-14,18-19,26-27,41-42H,1,7,9,12,15-16H2,2H3/t18-,19+,26?,27-/m0/s1. The van der Waals surface area contributed by atoms with Crippen LogP contribution in [0.3, 0.4) is 0 Å². The number of hydrogen-bond acceptors (Lipinski definition) is 7. The quantitative estimate of drug-likeness (QED) is 0.122.